The van der Waals surface area contributed by atoms with Crippen molar-refractivity contribution in [1.82, 2.24) is 9.97 Å². The van der Waals surface area contributed by atoms with Gasteiger partial charge in [0, 0.05) is 17.3 Å². The fourth-order valence-corrected chi connectivity index (χ4v) is 2.96. The van der Waals surface area contributed by atoms with E-state index in [-0.39, 0.29) is 0 Å². The molecule has 2 atom stereocenters. The molecular weight excluding hydrogens is 246 g/mol. The van der Waals surface area contributed by atoms with Gasteiger partial charge in [-0.1, -0.05) is 12.1 Å². The van der Waals surface area contributed by atoms with Gasteiger partial charge in [0.1, 0.15) is 12.1 Å². The molecule has 3 rings (SSSR count). The summed E-state index contributed by atoms with van der Waals surface area (Å²) in [6.07, 6.45) is 5.07. The van der Waals surface area contributed by atoms with Gasteiger partial charge in [-0.15, -0.1) is 11.6 Å². The molecule has 0 radical (unpaired) electrons. The molecule has 1 N–H and O–H groups in total. The smallest absolute Gasteiger partial charge is 0.137 e. The zero-order valence-electron chi connectivity index (χ0n) is 10.1. The summed E-state index contributed by atoms with van der Waals surface area (Å²) < 4.78 is 0. The zero-order chi connectivity index (χ0) is 12.4. The Morgan fingerprint density at radius 2 is 2.11 bits per heavy atom. The second kappa shape index (κ2) is 5.11. The lowest BCUT2D eigenvalue weighted by Gasteiger charge is -2.12. The van der Waals surface area contributed by atoms with Crippen LogP contribution < -0.4 is 5.32 Å². The third-order valence-electron chi connectivity index (χ3n) is 3.58. The van der Waals surface area contributed by atoms with Crippen LogP contribution in [0.2, 0.25) is 0 Å². The van der Waals surface area contributed by atoms with Gasteiger partial charge < -0.3 is 5.32 Å². The summed E-state index contributed by atoms with van der Waals surface area (Å²) in [5.41, 5.74) is 0.983. The normalized spacial score (nSPS) is 23.4. The maximum atomic E-state index is 6.13. The topological polar surface area (TPSA) is 37.8 Å². The van der Waals surface area contributed by atoms with E-state index in [1.54, 1.807) is 6.33 Å². The number of fused-ring (bicyclic) bond motifs is 1. The summed E-state index contributed by atoms with van der Waals surface area (Å²) in [6, 6.07) is 8.07. The highest BCUT2D eigenvalue weighted by Gasteiger charge is 2.22. The van der Waals surface area contributed by atoms with Crippen LogP contribution >= 0.6 is 11.6 Å². The Morgan fingerprint density at radius 1 is 1.22 bits per heavy atom. The highest BCUT2D eigenvalue weighted by molar-refractivity contribution is 6.20. The third-order valence-corrected chi connectivity index (χ3v) is 3.97. The Hall–Kier alpha value is -1.35. The first-order valence-electron chi connectivity index (χ1n) is 6.40. The Morgan fingerprint density at radius 3 is 2.94 bits per heavy atom. The van der Waals surface area contributed by atoms with Crippen LogP contribution in [-0.2, 0) is 0 Å². The average molecular weight is 262 g/mol. The van der Waals surface area contributed by atoms with E-state index in [1.165, 1.54) is 6.42 Å². The minimum Gasteiger partial charge on any atom is -0.369 e. The number of benzene rings is 1. The van der Waals surface area contributed by atoms with Crippen LogP contribution in [0.4, 0.5) is 5.82 Å². The summed E-state index contributed by atoms with van der Waals surface area (Å²) in [4.78, 5) is 8.59. The van der Waals surface area contributed by atoms with Crippen molar-refractivity contribution in [2.24, 2.45) is 5.92 Å². The molecule has 0 saturated heterocycles. The maximum Gasteiger partial charge on any atom is 0.137 e. The molecule has 94 valence electrons. The van der Waals surface area contributed by atoms with Crippen molar-refractivity contribution in [2.45, 2.75) is 24.6 Å². The molecule has 1 aliphatic carbocycles. The fraction of sp³-hybridized carbons (Fsp3) is 0.429. The van der Waals surface area contributed by atoms with Gasteiger partial charge in [0.05, 0.1) is 5.52 Å². The number of hydrogen-bond donors (Lipinski definition) is 1. The number of aromatic nitrogens is 2. The summed E-state index contributed by atoms with van der Waals surface area (Å²) in [6.45, 7) is 0.949. The highest BCUT2D eigenvalue weighted by Crippen LogP contribution is 2.29. The second-order valence-electron chi connectivity index (χ2n) is 4.90. The maximum absolute atomic E-state index is 6.13. The average Bonchev–Trinajstić information content (AvgIpc) is 2.82. The molecule has 18 heavy (non-hydrogen) atoms. The number of rotatable bonds is 3. The lowest BCUT2D eigenvalue weighted by atomic mass is 10.1. The molecule has 1 aromatic carbocycles. The number of hydrogen-bond acceptors (Lipinski definition) is 3. The summed E-state index contributed by atoms with van der Waals surface area (Å²) in [5, 5.41) is 4.88. The standard InChI is InChI=1S/C14H16ClN3/c15-11-6-5-10(7-11)8-16-14-12-3-1-2-4-13(12)17-9-18-14/h1-4,9-11H,5-8H2,(H,16,17,18). The molecule has 2 unspecified atom stereocenters. The third kappa shape index (κ3) is 2.41. The molecule has 0 aliphatic heterocycles. The SMILES string of the molecule is ClC1CCC(CNc2ncnc3ccccc23)C1. The van der Waals surface area contributed by atoms with Crippen LogP contribution in [-0.4, -0.2) is 21.9 Å². The van der Waals surface area contributed by atoms with Gasteiger partial charge in [-0.2, -0.15) is 0 Å². The molecule has 0 spiro atoms. The van der Waals surface area contributed by atoms with Gasteiger partial charge in [-0.25, -0.2) is 9.97 Å². The van der Waals surface area contributed by atoms with Gasteiger partial charge in [0.25, 0.3) is 0 Å². The van der Waals surface area contributed by atoms with Crippen molar-refractivity contribution in [2.75, 3.05) is 11.9 Å². The van der Waals surface area contributed by atoms with Crippen LogP contribution in [0.5, 0.6) is 0 Å². The van der Waals surface area contributed by atoms with E-state index in [1.807, 2.05) is 18.2 Å². The van der Waals surface area contributed by atoms with Gasteiger partial charge in [-0.3, -0.25) is 0 Å². The number of para-hydroxylation sites is 1. The predicted molar refractivity (Wildman–Crippen MR) is 75.0 cm³/mol. The summed E-state index contributed by atoms with van der Waals surface area (Å²) in [7, 11) is 0. The molecular formula is C14H16ClN3. The van der Waals surface area contributed by atoms with Crippen LogP contribution in [0.25, 0.3) is 10.9 Å². The molecule has 1 aromatic heterocycles. The van der Waals surface area contributed by atoms with Crippen molar-refractivity contribution in [3.63, 3.8) is 0 Å². The molecule has 2 aromatic rings. The minimum absolute atomic E-state index is 0.360. The monoisotopic (exact) mass is 261 g/mol. The summed E-state index contributed by atoms with van der Waals surface area (Å²) >= 11 is 6.13. The quantitative estimate of drug-likeness (QED) is 0.860. The van der Waals surface area contributed by atoms with E-state index in [0.717, 1.165) is 36.1 Å². The van der Waals surface area contributed by atoms with Crippen molar-refractivity contribution < 1.29 is 0 Å². The molecule has 1 saturated carbocycles. The number of alkyl halides is 1. The number of nitrogens with zero attached hydrogens (tertiary/aromatic N) is 2. The molecule has 4 heteroatoms. The molecule has 0 bridgehead atoms. The van der Waals surface area contributed by atoms with E-state index in [9.17, 15) is 0 Å². The molecule has 1 heterocycles. The van der Waals surface area contributed by atoms with E-state index < -0.39 is 0 Å². The van der Waals surface area contributed by atoms with Crippen molar-refractivity contribution in [3.8, 4) is 0 Å². The molecule has 1 aliphatic rings. The van der Waals surface area contributed by atoms with E-state index in [4.69, 9.17) is 11.6 Å². The van der Waals surface area contributed by atoms with Crippen molar-refractivity contribution >= 4 is 28.3 Å². The highest BCUT2D eigenvalue weighted by atomic mass is 35.5. The van der Waals surface area contributed by atoms with Gasteiger partial charge >= 0.3 is 0 Å². The molecule has 0 amide bonds. The molecule has 3 nitrogen and oxygen atoms in total. The number of nitrogens with one attached hydrogen (secondary N) is 1. The molecule has 1 fully saturated rings. The fourth-order valence-electron chi connectivity index (χ4n) is 2.59. The first kappa shape index (κ1) is 11.7. The van der Waals surface area contributed by atoms with Crippen LogP contribution in [0.3, 0.4) is 0 Å². The van der Waals surface area contributed by atoms with Crippen molar-refractivity contribution in [1.29, 1.82) is 0 Å². The van der Waals surface area contributed by atoms with Gasteiger partial charge in [-0.05, 0) is 37.3 Å². The van der Waals surface area contributed by atoms with Crippen LogP contribution in [0.1, 0.15) is 19.3 Å². The second-order valence-corrected chi connectivity index (χ2v) is 5.51. The Bertz CT molecular complexity index is 538. The number of halogens is 1. The van der Waals surface area contributed by atoms with Crippen molar-refractivity contribution in [3.05, 3.63) is 30.6 Å². The first-order chi connectivity index (χ1) is 8.83. The largest absolute Gasteiger partial charge is 0.369 e. The van der Waals surface area contributed by atoms with E-state index >= 15 is 0 Å². The Kier molecular flexibility index (Phi) is 3.33. The lowest BCUT2D eigenvalue weighted by molar-refractivity contribution is 0.580. The van der Waals surface area contributed by atoms with Gasteiger partial charge in [0.15, 0.2) is 0 Å². The van der Waals surface area contributed by atoms with E-state index in [0.29, 0.717) is 11.3 Å². The van der Waals surface area contributed by atoms with Crippen LogP contribution in [0, 0.1) is 5.92 Å². The number of anilines is 1. The Labute approximate surface area is 112 Å². The summed E-state index contributed by atoms with van der Waals surface area (Å²) in [5.74, 6) is 1.60. The minimum atomic E-state index is 0.360. The van der Waals surface area contributed by atoms with E-state index in [2.05, 4.69) is 21.4 Å². The lowest BCUT2D eigenvalue weighted by Crippen LogP contribution is -2.13. The first-order valence-corrected chi connectivity index (χ1v) is 6.84. The van der Waals surface area contributed by atoms with Gasteiger partial charge in [0.2, 0.25) is 0 Å². The Balaban J connectivity index is 1.74. The zero-order valence-corrected chi connectivity index (χ0v) is 10.9. The predicted octanol–water partition coefficient (Wildman–Crippen LogP) is 3.45. The van der Waals surface area contributed by atoms with Crippen LogP contribution in [0.15, 0.2) is 30.6 Å².